The average molecular weight is 646 g/mol. The average Bonchev–Trinajstić information content (AvgIpc) is 3.58. The number of methoxy groups -OCH3 is 3. The van der Waals surface area contributed by atoms with Crippen LogP contribution in [0.4, 0.5) is 0 Å². The number of benzene rings is 1. The summed E-state index contributed by atoms with van der Waals surface area (Å²) in [5.74, 6) is 4.73. The summed E-state index contributed by atoms with van der Waals surface area (Å²) in [6, 6.07) is 4.08. The fourth-order valence-electron chi connectivity index (χ4n) is 14.0. The molecule has 1 aromatic heterocycles. The van der Waals surface area contributed by atoms with E-state index < -0.39 is 0 Å². The van der Waals surface area contributed by atoms with Gasteiger partial charge in [-0.3, -0.25) is 0 Å². The molecule has 2 heterocycles. The topological polar surface area (TPSA) is 67.6 Å². The Balaban J connectivity index is 1.13. The Kier molecular flexibility index (Phi) is 6.89. The highest BCUT2D eigenvalue weighted by atomic mass is 16.5. The first-order chi connectivity index (χ1) is 22.2. The first-order valence-corrected chi connectivity index (χ1v) is 18.5. The molecule has 2 aromatic rings. The summed E-state index contributed by atoms with van der Waals surface area (Å²) in [4.78, 5) is 0. The fourth-order valence-corrected chi connectivity index (χ4v) is 14.0. The molecular formula is C40H59N3O4. The molecule has 1 aromatic carbocycles. The molecular weight excluding hydrogens is 586 g/mol. The summed E-state index contributed by atoms with van der Waals surface area (Å²) >= 11 is 0. The Bertz CT molecular complexity index is 1560. The first kappa shape index (κ1) is 32.0. The quantitative estimate of drug-likeness (QED) is 0.326. The van der Waals surface area contributed by atoms with Crippen LogP contribution in [0.25, 0.3) is 0 Å². The minimum absolute atomic E-state index is 0.0392. The van der Waals surface area contributed by atoms with Crippen LogP contribution < -0.4 is 14.2 Å². The number of ether oxygens (including phenoxy) is 4. The lowest BCUT2D eigenvalue weighted by Gasteiger charge is -2.72. The Morgan fingerprint density at radius 2 is 1.51 bits per heavy atom. The van der Waals surface area contributed by atoms with Crippen molar-refractivity contribution in [3.8, 4) is 17.2 Å². The lowest BCUT2D eigenvalue weighted by atomic mass is 9.31. The minimum Gasteiger partial charge on any atom is -0.493 e. The van der Waals surface area contributed by atoms with Gasteiger partial charge in [-0.2, -0.15) is 0 Å². The van der Waals surface area contributed by atoms with Gasteiger partial charge in [0, 0.05) is 5.41 Å². The van der Waals surface area contributed by atoms with Crippen molar-refractivity contribution in [1.29, 1.82) is 0 Å². The van der Waals surface area contributed by atoms with E-state index in [2.05, 4.69) is 53.1 Å². The highest BCUT2D eigenvalue weighted by Gasteiger charge is 2.73. The van der Waals surface area contributed by atoms with Gasteiger partial charge < -0.3 is 18.9 Å². The van der Waals surface area contributed by atoms with E-state index in [1.807, 2.05) is 12.1 Å². The van der Waals surface area contributed by atoms with Gasteiger partial charge in [0.2, 0.25) is 5.75 Å². The van der Waals surface area contributed by atoms with Crippen LogP contribution in [0, 0.1) is 50.7 Å². The van der Waals surface area contributed by atoms with Crippen LogP contribution in [0.1, 0.15) is 117 Å². The summed E-state index contributed by atoms with van der Waals surface area (Å²) in [6.45, 7) is 19.7. The molecule has 1 saturated heterocycles. The summed E-state index contributed by atoms with van der Waals surface area (Å²) in [5, 5.41) is 9.82. The molecule has 8 rings (SSSR count). The third-order valence-electron chi connectivity index (χ3n) is 16.3. The maximum absolute atomic E-state index is 6.81. The summed E-state index contributed by atoms with van der Waals surface area (Å²) in [7, 11) is 4.99. The molecule has 0 unspecified atom stereocenters. The van der Waals surface area contributed by atoms with E-state index in [-0.39, 0.29) is 10.8 Å². The van der Waals surface area contributed by atoms with E-state index in [1.54, 1.807) is 21.3 Å². The molecule has 2 bridgehead atoms. The Morgan fingerprint density at radius 1 is 0.809 bits per heavy atom. The second-order valence-corrected chi connectivity index (χ2v) is 18.8. The van der Waals surface area contributed by atoms with Gasteiger partial charge in [-0.25, -0.2) is 4.68 Å². The van der Waals surface area contributed by atoms with Crippen molar-refractivity contribution in [2.24, 2.45) is 50.7 Å². The highest BCUT2D eigenvalue weighted by molar-refractivity contribution is 5.54. The van der Waals surface area contributed by atoms with Crippen LogP contribution in [0.3, 0.4) is 0 Å². The van der Waals surface area contributed by atoms with Crippen LogP contribution in [0.15, 0.2) is 12.1 Å². The number of aromatic nitrogens is 3. The lowest BCUT2D eigenvalue weighted by Crippen LogP contribution is -2.67. The largest absolute Gasteiger partial charge is 0.493 e. The predicted molar refractivity (Wildman–Crippen MR) is 183 cm³/mol. The molecule has 0 radical (unpaired) electrons. The number of rotatable bonds is 5. The molecule has 4 saturated carbocycles. The zero-order valence-corrected chi connectivity index (χ0v) is 30.8. The molecule has 0 N–H and O–H groups in total. The van der Waals surface area contributed by atoms with E-state index in [0.717, 1.165) is 30.4 Å². The molecule has 258 valence electrons. The van der Waals surface area contributed by atoms with Crippen molar-refractivity contribution in [2.75, 3.05) is 27.9 Å². The van der Waals surface area contributed by atoms with Crippen molar-refractivity contribution in [1.82, 2.24) is 15.0 Å². The molecule has 7 nitrogen and oxygen atoms in total. The van der Waals surface area contributed by atoms with E-state index in [1.165, 1.54) is 62.8 Å². The zero-order valence-electron chi connectivity index (χ0n) is 30.8. The van der Waals surface area contributed by atoms with Crippen molar-refractivity contribution < 1.29 is 18.9 Å². The molecule has 5 fully saturated rings. The van der Waals surface area contributed by atoms with Crippen LogP contribution in [0.2, 0.25) is 0 Å². The molecule has 5 aliphatic carbocycles. The van der Waals surface area contributed by atoms with Gasteiger partial charge in [0.05, 0.1) is 52.0 Å². The maximum Gasteiger partial charge on any atom is 0.203 e. The summed E-state index contributed by atoms with van der Waals surface area (Å²) in [5.41, 5.74) is 5.15. The zero-order chi connectivity index (χ0) is 33.4. The highest BCUT2D eigenvalue weighted by Crippen LogP contribution is 2.77. The van der Waals surface area contributed by atoms with E-state index in [0.29, 0.717) is 63.4 Å². The van der Waals surface area contributed by atoms with Crippen molar-refractivity contribution in [2.45, 2.75) is 124 Å². The van der Waals surface area contributed by atoms with Gasteiger partial charge in [-0.05, 0) is 126 Å². The van der Waals surface area contributed by atoms with Gasteiger partial charge >= 0.3 is 0 Å². The minimum atomic E-state index is -0.0392. The normalized spacial score (nSPS) is 42.3. The van der Waals surface area contributed by atoms with Crippen LogP contribution in [0.5, 0.6) is 17.2 Å². The maximum atomic E-state index is 6.81. The van der Waals surface area contributed by atoms with Gasteiger partial charge in [0.25, 0.3) is 0 Å². The second-order valence-electron chi connectivity index (χ2n) is 18.8. The van der Waals surface area contributed by atoms with Crippen molar-refractivity contribution in [3.63, 3.8) is 0 Å². The van der Waals surface area contributed by atoms with Gasteiger partial charge in [-0.15, -0.1) is 5.10 Å². The third kappa shape index (κ3) is 4.01. The predicted octanol–water partition coefficient (Wildman–Crippen LogP) is 8.26. The number of fused-ring (bicyclic) bond motifs is 6. The molecule has 7 heteroatoms. The van der Waals surface area contributed by atoms with E-state index in [9.17, 15) is 0 Å². The second kappa shape index (κ2) is 10.1. The Labute approximate surface area is 282 Å². The van der Waals surface area contributed by atoms with Gasteiger partial charge in [-0.1, -0.05) is 53.7 Å². The monoisotopic (exact) mass is 645 g/mol. The van der Waals surface area contributed by atoms with Crippen LogP contribution >= 0.6 is 0 Å². The molecule has 47 heavy (non-hydrogen) atoms. The molecule has 6 aliphatic rings. The molecule has 1 aliphatic heterocycles. The lowest BCUT2D eigenvalue weighted by molar-refractivity contribution is -0.233. The summed E-state index contributed by atoms with van der Waals surface area (Å²) in [6.07, 6.45) is 12.2. The standard InChI is InChI=1S/C40H59N3O4/c1-35(2)15-17-40-18-16-38(6)25(31(40)34(35)47-23-40)11-12-30-37(5)21-26-33(36(3,4)29(37)13-14-39(30,38)7)43(42-41-26)22-24-19-27(44-8)32(46-10)28(20-24)45-9/h19-20,25,29-31,34H,11-18,21-23H2,1-10H3/t25-,29+,30-,31+,34-,37+,38-,39-,40-/m1/s1. The third-order valence-corrected chi connectivity index (χ3v) is 16.3. The first-order valence-electron chi connectivity index (χ1n) is 18.5. The van der Waals surface area contributed by atoms with Gasteiger partial charge in [0.1, 0.15) is 0 Å². The Hall–Kier alpha value is -2.28. The van der Waals surface area contributed by atoms with E-state index in [4.69, 9.17) is 29.3 Å². The molecule has 0 amide bonds. The van der Waals surface area contributed by atoms with Crippen LogP contribution in [-0.2, 0) is 23.1 Å². The number of hydrogen-bond donors (Lipinski definition) is 0. The fraction of sp³-hybridized carbons (Fsp3) is 0.800. The smallest absolute Gasteiger partial charge is 0.203 e. The van der Waals surface area contributed by atoms with Crippen molar-refractivity contribution in [3.05, 3.63) is 29.1 Å². The molecule has 0 spiro atoms. The SMILES string of the molecule is COc1cc(Cn2nnc3c2C(C)(C)[C@@H]2CC[C@]4(C)[C@H](CC[C@@H]5[C@H]6[C@H]7OC[C@@]6(CCC7(C)C)CC[C@]54C)[C@@]2(C)C3)cc(OC)c1OC. The Morgan fingerprint density at radius 3 is 2.19 bits per heavy atom. The van der Waals surface area contributed by atoms with E-state index >= 15 is 0 Å². The van der Waals surface area contributed by atoms with Crippen LogP contribution in [-0.4, -0.2) is 49.0 Å². The number of nitrogens with zero attached hydrogens (tertiary/aromatic N) is 3. The summed E-state index contributed by atoms with van der Waals surface area (Å²) < 4.78 is 25.9. The van der Waals surface area contributed by atoms with Gasteiger partial charge in [0.15, 0.2) is 11.5 Å². The van der Waals surface area contributed by atoms with Crippen molar-refractivity contribution >= 4 is 0 Å². The molecule has 9 atom stereocenters. The number of hydrogen-bond acceptors (Lipinski definition) is 6.